The number of hydrogen-bond donors (Lipinski definition) is 1. The van der Waals surface area contributed by atoms with Crippen LogP contribution in [0.5, 0.6) is 0 Å². The summed E-state index contributed by atoms with van der Waals surface area (Å²) in [4.78, 5) is 2.24. The van der Waals surface area contributed by atoms with Crippen LogP contribution in [-0.2, 0) is 6.42 Å². The van der Waals surface area contributed by atoms with Gasteiger partial charge in [-0.05, 0) is 58.6 Å². The molecule has 0 radical (unpaired) electrons. The monoisotopic (exact) mass is 286 g/mol. The first kappa shape index (κ1) is 16.4. The molecule has 2 unspecified atom stereocenters. The SMILES string of the molecule is CCC(C)(C(Cc1ccc(F)c(Cl)c1)NC)N(C)C. The van der Waals surface area contributed by atoms with E-state index in [9.17, 15) is 4.39 Å². The second kappa shape index (κ2) is 6.69. The van der Waals surface area contributed by atoms with E-state index in [0.29, 0.717) is 0 Å². The standard InChI is InChI=1S/C15H24ClFN2/c1-6-15(2,19(4)5)14(18-3)10-11-7-8-13(17)12(16)9-11/h7-9,14,18H,6,10H2,1-5H3. The third-order valence-corrected chi connectivity index (χ3v) is 4.55. The molecule has 1 rings (SSSR count). The summed E-state index contributed by atoms with van der Waals surface area (Å²) in [6, 6.07) is 5.22. The highest BCUT2D eigenvalue weighted by Crippen LogP contribution is 2.25. The Morgan fingerprint density at radius 2 is 2.05 bits per heavy atom. The van der Waals surface area contributed by atoms with Gasteiger partial charge in [-0.25, -0.2) is 4.39 Å². The maximum absolute atomic E-state index is 13.2. The summed E-state index contributed by atoms with van der Waals surface area (Å²) in [7, 11) is 6.14. The van der Waals surface area contributed by atoms with E-state index in [2.05, 4.69) is 38.2 Å². The van der Waals surface area contributed by atoms with Gasteiger partial charge >= 0.3 is 0 Å². The third kappa shape index (κ3) is 3.68. The van der Waals surface area contributed by atoms with Crippen molar-refractivity contribution < 1.29 is 4.39 Å². The Kier molecular flexibility index (Phi) is 5.78. The van der Waals surface area contributed by atoms with Gasteiger partial charge in [0.25, 0.3) is 0 Å². The van der Waals surface area contributed by atoms with Crippen LogP contribution in [0.4, 0.5) is 4.39 Å². The van der Waals surface area contributed by atoms with Gasteiger partial charge in [0.15, 0.2) is 0 Å². The molecule has 0 aromatic heterocycles. The van der Waals surface area contributed by atoms with Gasteiger partial charge < -0.3 is 10.2 Å². The lowest BCUT2D eigenvalue weighted by Crippen LogP contribution is -2.56. The minimum atomic E-state index is -0.364. The van der Waals surface area contributed by atoms with E-state index in [1.54, 1.807) is 12.1 Å². The highest BCUT2D eigenvalue weighted by atomic mass is 35.5. The molecule has 0 aliphatic heterocycles. The zero-order chi connectivity index (χ0) is 14.6. The van der Waals surface area contributed by atoms with E-state index in [-0.39, 0.29) is 22.4 Å². The molecule has 0 saturated heterocycles. The number of likely N-dealkylation sites (N-methyl/N-ethyl adjacent to an activating group) is 2. The van der Waals surface area contributed by atoms with Crippen LogP contribution in [0, 0.1) is 5.82 Å². The van der Waals surface area contributed by atoms with Gasteiger partial charge in [-0.3, -0.25) is 0 Å². The average Bonchev–Trinajstić information content (AvgIpc) is 2.38. The van der Waals surface area contributed by atoms with Gasteiger partial charge in [-0.2, -0.15) is 0 Å². The Morgan fingerprint density at radius 1 is 1.42 bits per heavy atom. The predicted molar refractivity (Wildman–Crippen MR) is 80.3 cm³/mol. The lowest BCUT2D eigenvalue weighted by molar-refractivity contribution is 0.116. The molecule has 0 aliphatic rings. The summed E-state index contributed by atoms with van der Waals surface area (Å²) in [5, 5.41) is 3.57. The van der Waals surface area contributed by atoms with Crippen molar-refractivity contribution in [2.45, 2.75) is 38.3 Å². The molecule has 2 nitrogen and oxygen atoms in total. The molecule has 0 spiro atoms. The van der Waals surface area contributed by atoms with E-state index < -0.39 is 0 Å². The van der Waals surface area contributed by atoms with E-state index in [4.69, 9.17) is 11.6 Å². The molecular formula is C15H24ClFN2. The fraction of sp³-hybridized carbons (Fsp3) is 0.600. The molecule has 0 amide bonds. The van der Waals surface area contributed by atoms with Crippen molar-refractivity contribution in [1.82, 2.24) is 10.2 Å². The summed E-state index contributed by atoms with van der Waals surface area (Å²) < 4.78 is 13.2. The minimum Gasteiger partial charge on any atom is -0.315 e. The van der Waals surface area contributed by atoms with Crippen LogP contribution in [0.2, 0.25) is 5.02 Å². The van der Waals surface area contributed by atoms with Gasteiger partial charge in [0.2, 0.25) is 0 Å². The number of halogens is 2. The Labute approximate surface area is 120 Å². The Morgan fingerprint density at radius 3 is 2.47 bits per heavy atom. The molecule has 0 aliphatic carbocycles. The highest BCUT2D eigenvalue weighted by molar-refractivity contribution is 6.30. The molecule has 19 heavy (non-hydrogen) atoms. The molecule has 4 heteroatoms. The van der Waals surface area contributed by atoms with Crippen LogP contribution in [0.1, 0.15) is 25.8 Å². The zero-order valence-corrected chi connectivity index (χ0v) is 13.2. The number of nitrogens with zero attached hydrogens (tertiary/aromatic N) is 1. The predicted octanol–water partition coefficient (Wildman–Crippen LogP) is 3.34. The average molecular weight is 287 g/mol. The van der Waals surface area contributed by atoms with Crippen molar-refractivity contribution in [3.05, 3.63) is 34.6 Å². The zero-order valence-electron chi connectivity index (χ0n) is 12.4. The van der Waals surface area contributed by atoms with Crippen LogP contribution < -0.4 is 5.32 Å². The second-order valence-corrected chi connectivity index (χ2v) is 5.81. The van der Waals surface area contributed by atoms with Crippen LogP contribution in [-0.4, -0.2) is 37.6 Å². The first-order valence-electron chi connectivity index (χ1n) is 6.63. The van der Waals surface area contributed by atoms with Crippen LogP contribution in [0.3, 0.4) is 0 Å². The molecule has 0 fully saturated rings. The van der Waals surface area contributed by atoms with Crippen molar-refractivity contribution in [3.8, 4) is 0 Å². The maximum Gasteiger partial charge on any atom is 0.141 e. The third-order valence-electron chi connectivity index (χ3n) is 4.26. The van der Waals surface area contributed by atoms with Crippen molar-refractivity contribution in [1.29, 1.82) is 0 Å². The van der Waals surface area contributed by atoms with Crippen molar-refractivity contribution >= 4 is 11.6 Å². The van der Waals surface area contributed by atoms with Gasteiger partial charge in [0.1, 0.15) is 5.82 Å². The Hall–Kier alpha value is -0.640. The van der Waals surface area contributed by atoms with Crippen molar-refractivity contribution in [2.75, 3.05) is 21.1 Å². The van der Waals surface area contributed by atoms with Gasteiger partial charge in [0.05, 0.1) is 5.02 Å². The lowest BCUT2D eigenvalue weighted by Gasteiger charge is -2.42. The number of nitrogens with one attached hydrogen (secondary N) is 1. The quantitative estimate of drug-likeness (QED) is 0.863. The summed E-state index contributed by atoms with van der Waals surface area (Å²) >= 11 is 5.85. The molecule has 108 valence electrons. The van der Waals surface area contributed by atoms with E-state index in [1.165, 1.54) is 6.07 Å². The lowest BCUT2D eigenvalue weighted by atomic mass is 9.84. The Bertz CT molecular complexity index is 423. The summed E-state index contributed by atoms with van der Waals surface area (Å²) in [5.41, 5.74) is 1.09. The molecule has 1 aromatic rings. The minimum absolute atomic E-state index is 0.0373. The van der Waals surface area contributed by atoms with Gasteiger partial charge in [-0.1, -0.05) is 24.6 Å². The maximum atomic E-state index is 13.2. The first-order valence-corrected chi connectivity index (χ1v) is 7.01. The number of benzene rings is 1. The molecule has 1 aromatic carbocycles. The fourth-order valence-electron chi connectivity index (χ4n) is 2.41. The summed E-state index contributed by atoms with van der Waals surface area (Å²) in [6.45, 7) is 4.42. The molecule has 0 saturated carbocycles. The first-order chi connectivity index (χ1) is 8.85. The summed E-state index contributed by atoms with van der Waals surface area (Å²) in [5.74, 6) is -0.364. The van der Waals surface area contributed by atoms with Crippen LogP contribution in [0.25, 0.3) is 0 Å². The van der Waals surface area contributed by atoms with Crippen molar-refractivity contribution in [3.63, 3.8) is 0 Å². The normalized spacial score (nSPS) is 16.4. The van der Waals surface area contributed by atoms with Crippen LogP contribution >= 0.6 is 11.6 Å². The topological polar surface area (TPSA) is 15.3 Å². The summed E-state index contributed by atoms with van der Waals surface area (Å²) in [6.07, 6.45) is 1.85. The fourth-order valence-corrected chi connectivity index (χ4v) is 2.61. The molecule has 0 heterocycles. The molecule has 2 atom stereocenters. The van der Waals surface area contributed by atoms with E-state index >= 15 is 0 Å². The largest absolute Gasteiger partial charge is 0.315 e. The second-order valence-electron chi connectivity index (χ2n) is 5.40. The number of hydrogen-bond acceptors (Lipinski definition) is 2. The van der Waals surface area contributed by atoms with Crippen molar-refractivity contribution in [2.24, 2.45) is 0 Å². The van der Waals surface area contributed by atoms with E-state index in [0.717, 1.165) is 18.4 Å². The smallest absolute Gasteiger partial charge is 0.141 e. The number of rotatable bonds is 6. The van der Waals surface area contributed by atoms with Gasteiger partial charge in [-0.15, -0.1) is 0 Å². The van der Waals surface area contributed by atoms with Crippen LogP contribution in [0.15, 0.2) is 18.2 Å². The highest BCUT2D eigenvalue weighted by Gasteiger charge is 2.33. The molecule has 0 bridgehead atoms. The van der Waals surface area contributed by atoms with Gasteiger partial charge in [0, 0.05) is 11.6 Å². The Balaban J connectivity index is 2.95. The van der Waals surface area contributed by atoms with E-state index in [1.807, 2.05) is 7.05 Å². The molecule has 1 N–H and O–H groups in total. The molecular weight excluding hydrogens is 263 g/mol.